The van der Waals surface area contributed by atoms with Gasteiger partial charge in [0.25, 0.3) is 0 Å². The highest BCUT2D eigenvalue weighted by atomic mass is 14.8. The van der Waals surface area contributed by atoms with Crippen LogP contribution in [0.4, 0.5) is 0 Å². The van der Waals surface area contributed by atoms with Crippen LogP contribution in [0.1, 0.15) is 13.8 Å². The average molecular weight is 180 g/mol. The fraction of sp³-hybridized carbons (Fsp3) is 0.364. The minimum atomic E-state index is 0.936. The maximum absolute atomic E-state index is 3.88. The topological polar surface area (TPSA) is 24.4 Å². The van der Waals surface area contributed by atoms with E-state index in [2.05, 4.69) is 23.5 Å². The highest BCUT2D eigenvalue weighted by Crippen LogP contribution is 1.99. The van der Waals surface area contributed by atoms with Gasteiger partial charge in [0.15, 0.2) is 0 Å². The highest BCUT2D eigenvalue weighted by Gasteiger charge is 1.92. The number of likely N-dealkylation sites (N-methyl/N-ethyl adjacent to an activating group) is 1. The van der Waals surface area contributed by atoms with Crippen LogP contribution in [0.3, 0.4) is 0 Å². The van der Waals surface area contributed by atoms with E-state index in [1.165, 1.54) is 0 Å². The number of hydrogen-bond donors (Lipinski definition) is 1. The molecule has 0 bridgehead atoms. The number of hydrogen-bond acceptors (Lipinski definition) is 2. The van der Waals surface area contributed by atoms with Crippen LogP contribution in [0.25, 0.3) is 0 Å². The van der Waals surface area contributed by atoms with E-state index in [0.29, 0.717) is 0 Å². The standard InChI is InChI=1S/C9H14N2.C2H6/c1-5-8(7-10-3)9(6-2)11-4;1-2/h5-7,11H,1-2H2,3-4H3;1-2H3/b9-8+,10-7?;. The van der Waals surface area contributed by atoms with Gasteiger partial charge >= 0.3 is 0 Å². The smallest absolute Gasteiger partial charge is 0.0420 e. The predicted octanol–water partition coefficient (Wildman–Crippen LogP) is 2.56. The molecular formula is C11H20N2. The molecule has 0 saturated heterocycles. The first-order valence-corrected chi connectivity index (χ1v) is 4.39. The lowest BCUT2D eigenvalue weighted by Gasteiger charge is -2.02. The lowest BCUT2D eigenvalue weighted by molar-refractivity contribution is 1.03. The van der Waals surface area contributed by atoms with E-state index in [1.807, 2.05) is 20.9 Å². The Balaban J connectivity index is 0. The monoisotopic (exact) mass is 180 g/mol. The van der Waals surface area contributed by atoms with Crippen LogP contribution < -0.4 is 5.32 Å². The molecule has 0 aromatic heterocycles. The van der Waals surface area contributed by atoms with Crippen molar-refractivity contribution in [3.63, 3.8) is 0 Å². The van der Waals surface area contributed by atoms with Gasteiger partial charge in [-0.25, -0.2) is 0 Å². The van der Waals surface area contributed by atoms with E-state index < -0.39 is 0 Å². The van der Waals surface area contributed by atoms with Crippen LogP contribution in [0, 0.1) is 0 Å². The number of aliphatic imine (C=N–C) groups is 1. The average Bonchev–Trinajstić information content (AvgIpc) is 2.21. The summed E-state index contributed by atoms with van der Waals surface area (Å²) in [4.78, 5) is 3.88. The van der Waals surface area contributed by atoms with Crippen molar-refractivity contribution >= 4 is 6.21 Å². The van der Waals surface area contributed by atoms with Crippen LogP contribution >= 0.6 is 0 Å². The molecular weight excluding hydrogens is 160 g/mol. The molecule has 13 heavy (non-hydrogen) atoms. The molecule has 0 unspecified atom stereocenters. The van der Waals surface area contributed by atoms with E-state index >= 15 is 0 Å². The third-order valence-electron chi connectivity index (χ3n) is 1.27. The van der Waals surface area contributed by atoms with Gasteiger partial charge in [-0.3, -0.25) is 4.99 Å². The lowest BCUT2D eigenvalue weighted by Crippen LogP contribution is -2.06. The number of rotatable bonds is 4. The van der Waals surface area contributed by atoms with E-state index in [0.717, 1.165) is 11.3 Å². The fourth-order valence-electron chi connectivity index (χ4n) is 0.736. The van der Waals surface area contributed by atoms with Crippen molar-refractivity contribution in [1.29, 1.82) is 0 Å². The maximum Gasteiger partial charge on any atom is 0.0420 e. The van der Waals surface area contributed by atoms with Gasteiger partial charge in [0.1, 0.15) is 0 Å². The van der Waals surface area contributed by atoms with E-state index in [4.69, 9.17) is 0 Å². The molecule has 1 N–H and O–H groups in total. The van der Waals surface area contributed by atoms with Crippen molar-refractivity contribution in [2.24, 2.45) is 4.99 Å². The summed E-state index contributed by atoms with van der Waals surface area (Å²) in [6.45, 7) is 11.3. The summed E-state index contributed by atoms with van der Waals surface area (Å²) in [7, 11) is 3.56. The second-order valence-electron chi connectivity index (χ2n) is 1.91. The fourth-order valence-corrected chi connectivity index (χ4v) is 0.736. The normalized spacial score (nSPS) is 11.1. The second-order valence-corrected chi connectivity index (χ2v) is 1.91. The first-order valence-electron chi connectivity index (χ1n) is 4.39. The Bertz CT molecular complexity index is 200. The highest BCUT2D eigenvalue weighted by molar-refractivity contribution is 5.83. The van der Waals surface area contributed by atoms with Crippen LogP contribution in [0.2, 0.25) is 0 Å². The van der Waals surface area contributed by atoms with Gasteiger partial charge in [0.05, 0.1) is 0 Å². The second kappa shape index (κ2) is 10.7. The first-order chi connectivity index (χ1) is 6.29. The van der Waals surface area contributed by atoms with E-state index in [9.17, 15) is 0 Å². The van der Waals surface area contributed by atoms with Crippen LogP contribution in [-0.4, -0.2) is 20.3 Å². The molecule has 0 aromatic rings. The Labute approximate surface area is 81.8 Å². The Morgan fingerprint density at radius 1 is 1.23 bits per heavy atom. The molecule has 0 aliphatic carbocycles. The third-order valence-corrected chi connectivity index (χ3v) is 1.27. The van der Waals surface area contributed by atoms with Gasteiger partial charge in [0.2, 0.25) is 0 Å². The summed E-state index contributed by atoms with van der Waals surface area (Å²) in [5.74, 6) is 0. The molecule has 2 heteroatoms. The Morgan fingerprint density at radius 2 is 1.77 bits per heavy atom. The van der Waals surface area contributed by atoms with Crippen LogP contribution in [0.15, 0.2) is 41.6 Å². The molecule has 0 aliphatic heterocycles. The van der Waals surface area contributed by atoms with Gasteiger partial charge in [-0.2, -0.15) is 0 Å². The summed E-state index contributed by atoms with van der Waals surface area (Å²) >= 11 is 0. The van der Waals surface area contributed by atoms with Crippen molar-refractivity contribution in [2.45, 2.75) is 13.8 Å². The molecule has 74 valence electrons. The molecule has 0 atom stereocenters. The Morgan fingerprint density at radius 3 is 2.00 bits per heavy atom. The molecule has 0 saturated carbocycles. The van der Waals surface area contributed by atoms with Gasteiger partial charge in [0, 0.05) is 31.6 Å². The molecule has 0 heterocycles. The molecule has 2 nitrogen and oxygen atoms in total. The maximum atomic E-state index is 3.88. The molecule has 0 fully saturated rings. The SMILES string of the molecule is C=C/C(C=NC)=C(/C=C)NC.CC. The molecule has 0 aromatic carbocycles. The Kier molecular flexibility index (Phi) is 11.7. The molecule has 0 aliphatic rings. The van der Waals surface area contributed by atoms with Gasteiger partial charge in [-0.15, -0.1) is 0 Å². The third kappa shape index (κ3) is 5.91. The number of allylic oxidation sites excluding steroid dienone is 3. The minimum Gasteiger partial charge on any atom is -0.388 e. The predicted molar refractivity (Wildman–Crippen MR) is 62.2 cm³/mol. The largest absolute Gasteiger partial charge is 0.388 e. The van der Waals surface area contributed by atoms with Gasteiger partial charge < -0.3 is 5.32 Å². The zero-order chi connectivity index (χ0) is 10.7. The minimum absolute atomic E-state index is 0.936. The van der Waals surface area contributed by atoms with E-state index in [-0.39, 0.29) is 0 Å². The molecule has 0 radical (unpaired) electrons. The van der Waals surface area contributed by atoms with Gasteiger partial charge in [-0.05, 0) is 6.08 Å². The first kappa shape index (κ1) is 14.2. The van der Waals surface area contributed by atoms with Crippen molar-refractivity contribution in [3.05, 3.63) is 36.6 Å². The quantitative estimate of drug-likeness (QED) is 0.522. The lowest BCUT2D eigenvalue weighted by atomic mass is 10.2. The summed E-state index contributed by atoms with van der Waals surface area (Å²) < 4.78 is 0. The summed E-state index contributed by atoms with van der Waals surface area (Å²) in [6, 6.07) is 0. The molecule has 0 rings (SSSR count). The Hall–Kier alpha value is -1.31. The van der Waals surface area contributed by atoms with Crippen molar-refractivity contribution in [1.82, 2.24) is 5.32 Å². The van der Waals surface area contributed by atoms with Crippen LogP contribution in [-0.2, 0) is 0 Å². The summed E-state index contributed by atoms with van der Waals surface area (Å²) in [5.41, 5.74) is 1.88. The van der Waals surface area contributed by atoms with Crippen molar-refractivity contribution in [3.8, 4) is 0 Å². The van der Waals surface area contributed by atoms with Crippen LogP contribution in [0.5, 0.6) is 0 Å². The number of nitrogens with zero attached hydrogens (tertiary/aromatic N) is 1. The zero-order valence-corrected chi connectivity index (χ0v) is 9.09. The summed E-state index contributed by atoms with van der Waals surface area (Å²) in [5, 5.41) is 2.99. The molecule has 0 amide bonds. The van der Waals surface area contributed by atoms with E-state index in [1.54, 1.807) is 25.4 Å². The molecule has 0 spiro atoms. The van der Waals surface area contributed by atoms with Gasteiger partial charge in [-0.1, -0.05) is 33.1 Å². The zero-order valence-electron chi connectivity index (χ0n) is 9.09. The van der Waals surface area contributed by atoms with Crippen molar-refractivity contribution in [2.75, 3.05) is 14.1 Å². The summed E-state index contributed by atoms with van der Waals surface area (Å²) in [6.07, 6.45) is 5.21. The van der Waals surface area contributed by atoms with Crippen molar-refractivity contribution < 1.29 is 0 Å². The number of nitrogens with one attached hydrogen (secondary N) is 1.